The van der Waals surface area contributed by atoms with Gasteiger partial charge < -0.3 is 5.73 Å². The van der Waals surface area contributed by atoms with E-state index in [1.165, 1.54) is 5.56 Å². The number of rotatable bonds is 3. The van der Waals surface area contributed by atoms with Crippen molar-refractivity contribution in [1.29, 1.82) is 0 Å². The Morgan fingerprint density at radius 1 is 1.10 bits per heavy atom. The molecule has 3 rings (SSSR count). The van der Waals surface area contributed by atoms with Crippen LogP contribution in [-0.2, 0) is 6.42 Å². The fourth-order valence-electron chi connectivity index (χ4n) is 2.30. The van der Waals surface area contributed by atoms with Gasteiger partial charge in [0, 0.05) is 11.3 Å². The van der Waals surface area contributed by atoms with Crippen molar-refractivity contribution in [3.05, 3.63) is 53.6 Å². The fraction of sp³-hybridized carbons (Fsp3) is 0.188. The summed E-state index contributed by atoms with van der Waals surface area (Å²) in [7, 11) is 0. The quantitative estimate of drug-likeness (QED) is 0.748. The monoisotopic (exact) mass is 279 g/mol. The van der Waals surface area contributed by atoms with Crippen LogP contribution in [0.15, 0.2) is 42.5 Å². The number of hydrogen-bond donors (Lipinski definition) is 1. The van der Waals surface area contributed by atoms with E-state index in [4.69, 9.17) is 5.73 Å². The second-order valence-electron chi connectivity index (χ2n) is 4.95. The Balaban J connectivity index is 2.10. The van der Waals surface area contributed by atoms with Crippen molar-refractivity contribution in [2.75, 3.05) is 5.73 Å². The summed E-state index contributed by atoms with van der Waals surface area (Å²) in [5.41, 5.74) is 10.9. The van der Waals surface area contributed by atoms with Gasteiger partial charge in [-0.25, -0.2) is 0 Å². The Kier molecular flexibility index (Phi) is 3.39. The third kappa shape index (κ3) is 2.38. The van der Waals surface area contributed by atoms with E-state index in [1.54, 1.807) is 4.68 Å². The molecule has 5 heteroatoms. The molecule has 5 nitrogen and oxygen atoms in total. The first-order valence-electron chi connectivity index (χ1n) is 6.94. The summed E-state index contributed by atoms with van der Waals surface area (Å²) in [6, 6.07) is 14.0. The topological polar surface area (TPSA) is 69.6 Å². The molecule has 2 aromatic carbocycles. The van der Waals surface area contributed by atoms with Crippen molar-refractivity contribution < 1.29 is 0 Å². The number of aryl methyl sites for hydroxylation is 1. The fourth-order valence-corrected chi connectivity index (χ4v) is 2.30. The SMILES string of the molecule is CCc1ccc(-n2nnnc2-c2cccc(N)c2C)cc1. The molecule has 0 aliphatic carbocycles. The van der Waals surface area contributed by atoms with Crippen LogP contribution in [-0.4, -0.2) is 20.2 Å². The second kappa shape index (κ2) is 5.36. The molecule has 3 aromatic rings. The van der Waals surface area contributed by atoms with E-state index in [0.29, 0.717) is 5.82 Å². The molecule has 2 N–H and O–H groups in total. The minimum atomic E-state index is 0.698. The Morgan fingerprint density at radius 2 is 1.86 bits per heavy atom. The maximum Gasteiger partial charge on any atom is 0.187 e. The van der Waals surface area contributed by atoms with E-state index in [1.807, 2.05) is 37.3 Å². The first-order chi connectivity index (χ1) is 10.2. The highest BCUT2D eigenvalue weighted by Gasteiger charge is 2.13. The molecule has 0 bridgehead atoms. The number of tetrazole rings is 1. The number of anilines is 1. The van der Waals surface area contributed by atoms with Gasteiger partial charge in [-0.3, -0.25) is 0 Å². The van der Waals surface area contributed by atoms with E-state index in [9.17, 15) is 0 Å². The highest BCUT2D eigenvalue weighted by atomic mass is 15.5. The summed E-state index contributed by atoms with van der Waals surface area (Å²) in [4.78, 5) is 0. The lowest BCUT2D eigenvalue weighted by Gasteiger charge is -2.09. The lowest BCUT2D eigenvalue weighted by molar-refractivity contribution is 0.790. The molecule has 0 amide bonds. The largest absolute Gasteiger partial charge is 0.398 e. The van der Waals surface area contributed by atoms with Gasteiger partial charge in [-0.1, -0.05) is 31.2 Å². The number of aromatic nitrogens is 4. The molecular weight excluding hydrogens is 262 g/mol. The molecule has 0 atom stereocenters. The first-order valence-corrected chi connectivity index (χ1v) is 6.94. The molecule has 0 saturated carbocycles. The predicted molar refractivity (Wildman–Crippen MR) is 83.1 cm³/mol. The standard InChI is InChI=1S/C16H17N5/c1-3-12-7-9-13(10-8-12)21-16(18-19-20-21)14-5-4-6-15(17)11(14)2/h4-10H,3,17H2,1-2H3. The molecule has 1 heterocycles. The van der Waals surface area contributed by atoms with Crippen molar-refractivity contribution in [2.45, 2.75) is 20.3 Å². The molecule has 106 valence electrons. The predicted octanol–water partition coefficient (Wildman–Crippen LogP) is 2.78. The Morgan fingerprint density at radius 3 is 2.57 bits per heavy atom. The van der Waals surface area contributed by atoms with E-state index >= 15 is 0 Å². The van der Waals surface area contributed by atoms with Gasteiger partial charge in [0.25, 0.3) is 0 Å². The van der Waals surface area contributed by atoms with Crippen molar-refractivity contribution in [3.8, 4) is 17.1 Å². The molecule has 0 spiro atoms. The average molecular weight is 279 g/mol. The maximum absolute atomic E-state index is 5.98. The normalized spacial score (nSPS) is 10.8. The van der Waals surface area contributed by atoms with E-state index in [-0.39, 0.29) is 0 Å². The van der Waals surface area contributed by atoms with Crippen LogP contribution in [0.1, 0.15) is 18.1 Å². The lowest BCUT2D eigenvalue weighted by Crippen LogP contribution is -2.02. The van der Waals surface area contributed by atoms with Crippen LogP contribution in [0.3, 0.4) is 0 Å². The van der Waals surface area contributed by atoms with Gasteiger partial charge in [-0.2, -0.15) is 4.68 Å². The van der Waals surface area contributed by atoms with Crippen LogP contribution in [0, 0.1) is 6.92 Å². The van der Waals surface area contributed by atoms with Gasteiger partial charge in [0.05, 0.1) is 5.69 Å². The summed E-state index contributed by atoms with van der Waals surface area (Å²) in [6.45, 7) is 4.11. The van der Waals surface area contributed by atoms with Crippen LogP contribution in [0.25, 0.3) is 17.1 Å². The minimum absolute atomic E-state index is 0.698. The summed E-state index contributed by atoms with van der Waals surface area (Å²) in [5.74, 6) is 0.698. The summed E-state index contributed by atoms with van der Waals surface area (Å²) >= 11 is 0. The van der Waals surface area contributed by atoms with Crippen LogP contribution in [0.4, 0.5) is 5.69 Å². The van der Waals surface area contributed by atoms with E-state index in [2.05, 4.69) is 34.6 Å². The van der Waals surface area contributed by atoms with E-state index in [0.717, 1.165) is 28.9 Å². The van der Waals surface area contributed by atoms with E-state index < -0.39 is 0 Å². The van der Waals surface area contributed by atoms with Crippen LogP contribution >= 0.6 is 0 Å². The number of nitrogens with two attached hydrogens (primary N) is 1. The molecule has 0 fully saturated rings. The molecule has 0 unspecified atom stereocenters. The third-order valence-corrected chi connectivity index (χ3v) is 3.68. The number of hydrogen-bond acceptors (Lipinski definition) is 4. The van der Waals surface area contributed by atoms with Gasteiger partial charge in [0.1, 0.15) is 0 Å². The van der Waals surface area contributed by atoms with Crippen molar-refractivity contribution in [2.24, 2.45) is 0 Å². The molecule has 1 aromatic heterocycles. The zero-order valence-corrected chi connectivity index (χ0v) is 12.1. The van der Waals surface area contributed by atoms with Crippen LogP contribution in [0.5, 0.6) is 0 Å². The number of nitrogens with zero attached hydrogens (tertiary/aromatic N) is 4. The highest BCUT2D eigenvalue weighted by Crippen LogP contribution is 2.26. The van der Waals surface area contributed by atoms with Gasteiger partial charge in [-0.05, 0) is 53.1 Å². The Hall–Kier alpha value is -2.69. The number of nitrogen functional groups attached to an aromatic ring is 1. The molecule has 0 radical (unpaired) electrons. The molecule has 0 saturated heterocycles. The molecular formula is C16H17N5. The molecule has 21 heavy (non-hydrogen) atoms. The number of benzene rings is 2. The Bertz CT molecular complexity index is 759. The van der Waals surface area contributed by atoms with Gasteiger partial charge in [0.2, 0.25) is 0 Å². The lowest BCUT2D eigenvalue weighted by atomic mass is 10.1. The zero-order valence-electron chi connectivity index (χ0n) is 12.1. The average Bonchev–Trinajstić information content (AvgIpc) is 2.99. The van der Waals surface area contributed by atoms with Crippen LogP contribution in [0.2, 0.25) is 0 Å². The van der Waals surface area contributed by atoms with Crippen molar-refractivity contribution in [3.63, 3.8) is 0 Å². The van der Waals surface area contributed by atoms with Gasteiger partial charge in [0.15, 0.2) is 5.82 Å². The van der Waals surface area contributed by atoms with Gasteiger partial charge >= 0.3 is 0 Å². The smallest absolute Gasteiger partial charge is 0.187 e. The summed E-state index contributed by atoms with van der Waals surface area (Å²) in [5, 5.41) is 12.1. The highest BCUT2D eigenvalue weighted by molar-refractivity contribution is 5.68. The Labute approximate surface area is 123 Å². The van der Waals surface area contributed by atoms with Crippen LogP contribution < -0.4 is 5.73 Å². The first kappa shape index (κ1) is 13.3. The summed E-state index contributed by atoms with van der Waals surface area (Å²) < 4.78 is 1.74. The minimum Gasteiger partial charge on any atom is -0.398 e. The second-order valence-corrected chi connectivity index (χ2v) is 4.95. The van der Waals surface area contributed by atoms with Crippen molar-refractivity contribution in [1.82, 2.24) is 20.2 Å². The molecule has 0 aliphatic rings. The van der Waals surface area contributed by atoms with Crippen molar-refractivity contribution >= 4 is 5.69 Å². The zero-order chi connectivity index (χ0) is 14.8. The summed E-state index contributed by atoms with van der Waals surface area (Å²) in [6.07, 6.45) is 1.01. The maximum atomic E-state index is 5.98. The van der Waals surface area contributed by atoms with Gasteiger partial charge in [-0.15, -0.1) is 5.10 Å². The molecule has 0 aliphatic heterocycles. The third-order valence-electron chi connectivity index (χ3n) is 3.68.